The number of aryl methyl sites for hydroxylation is 1. The fraction of sp³-hybridized carbons (Fsp3) is 0.500. The summed E-state index contributed by atoms with van der Waals surface area (Å²) in [6.07, 6.45) is 3.65. The number of hydrogen-bond donors (Lipinski definition) is 0. The zero-order chi connectivity index (χ0) is 14.8. The standard InChI is InChI=1S/C14H19NO3S2/c1-11-3-6-13(7-4-11)20(17,18)15-12(9-10-19-2)5-8-14(15)16/h3-4,6-7,12H,5,8-10H2,1-2H3/t12-/m1/s1. The molecule has 1 heterocycles. The van der Waals surface area contributed by atoms with Crippen LogP contribution in [-0.2, 0) is 14.8 Å². The van der Waals surface area contributed by atoms with Gasteiger partial charge in [0.1, 0.15) is 0 Å². The molecule has 0 spiro atoms. The molecule has 0 aliphatic carbocycles. The molecule has 1 saturated heterocycles. The van der Waals surface area contributed by atoms with E-state index in [0.717, 1.165) is 22.0 Å². The summed E-state index contributed by atoms with van der Waals surface area (Å²) in [6.45, 7) is 1.90. The molecule has 20 heavy (non-hydrogen) atoms. The van der Waals surface area contributed by atoms with Crippen molar-refractivity contribution in [3.05, 3.63) is 29.8 Å². The molecule has 4 nitrogen and oxygen atoms in total. The Labute approximate surface area is 124 Å². The fourth-order valence-corrected chi connectivity index (χ4v) is 4.57. The molecular formula is C14H19NO3S2. The van der Waals surface area contributed by atoms with E-state index in [4.69, 9.17) is 0 Å². The highest BCUT2D eigenvalue weighted by molar-refractivity contribution is 7.98. The second-order valence-corrected chi connectivity index (χ2v) is 7.78. The van der Waals surface area contributed by atoms with Crippen LogP contribution in [0.1, 0.15) is 24.8 Å². The van der Waals surface area contributed by atoms with Crippen LogP contribution in [0.4, 0.5) is 0 Å². The number of rotatable bonds is 5. The van der Waals surface area contributed by atoms with Crippen LogP contribution >= 0.6 is 11.8 Å². The molecule has 1 aliphatic rings. The summed E-state index contributed by atoms with van der Waals surface area (Å²) in [4.78, 5) is 12.2. The molecule has 1 aliphatic heterocycles. The number of hydrogen-bond acceptors (Lipinski definition) is 4. The summed E-state index contributed by atoms with van der Waals surface area (Å²) in [5, 5.41) is 0. The van der Waals surface area contributed by atoms with Gasteiger partial charge in [-0.1, -0.05) is 17.7 Å². The van der Waals surface area contributed by atoms with Crippen LogP contribution in [-0.4, -0.2) is 36.7 Å². The summed E-state index contributed by atoms with van der Waals surface area (Å²) >= 11 is 1.67. The van der Waals surface area contributed by atoms with Gasteiger partial charge in [-0.25, -0.2) is 12.7 Å². The Morgan fingerprint density at radius 3 is 2.55 bits per heavy atom. The molecule has 1 fully saturated rings. The predicted molar refractivity (Wildman–Crippen MR) is 81.2 cm³/mol. The van der Waals surface area contributed by atoms with Crippen molar-refractivity contribution < 1.29 is 13.2 Å². The monoisotopic (exact) mass is 313 g/mol. The van der Waals surface area contributed by atoms with Gasteiger partial charge in [0.25, 0.3) is 10.0 Å². The molecule has 1 atom stereocenters. The largest absolute Gasteiger partial charge is 0.274 e. The van der Waals surface area contributed by atoms with Crippen molar-refractivity contribution in [3.8, 4) is 0 Å². The maximum Gasteiger partial charge on any atom is 0.266 e. The minimum atomic E-state index is -3.71. The van der Waals surface area contributed by atoms with Crippen molar-refractivity contribution in [2.45, 2.75) is 37.1 Å². The summed E-state index contributed by atoms with van der Waals surface area (Å²) < 4.78 is 26.4. The number of thioether (sulfide) groups is 1. The third-order valence-electron chi connectivity index (χ3n) is 3.50. The van der Waals surface area contributed by atoms with Gasteiger partial charge in [-0.3, -0.25) is 4.79 Å². The van der Waals surface area contributed by atoms with Crippen molar-refractivity contribution in [2.75, 3.05) is 12.0 Å². The molecule has 0 N–H and O–H groups in total. The molecule has 0 saturated carbocycles. The Balaban J connectivity index is 2.30. The van der Waals surface area contributed by atoms with E-state index in [1.165, 1.54) is 0 Å². The van der Waals surface area contributed by atoms with Crippen LogP contribution in [0.3, 0.4) is 0 Å². The first-order valence-electron chi connectivity index (χ1n) is 6.59. The van der Waals surface area contributed by atoms with E-state index in [1.807, 2.05) is 13.2 Å². The highest BCUT2D eigenvalue weighted by Crippen LogP contribution is 2.29. The maximum atomic E-state index is 12.6. The van der Waals surface area contributed by atoms with Crippen LogP contribution < -0.4 is 0 Å². The van der Waals surface area contributed by atoms with E-state index in [-0.39, 0.29) is 16.8 Å². The Kier molecular flexibility index (Phi) is 4.75. The lowest BCUT2D eigenvalue weighted by Crippen LogP contribution is -2.38. The molecule has 1 amide bonds. The second-order valence-electron chi connectivity index (χ2n) is 4.98. The SMILES string of the molecule is CSCC[C@H]1CCC(=O)N1S(=O)(=O)c1ccc(C)cc1. The van der Waals surface area contributed by atoms with Gasteiger partial charge in [0.15, 0.2) is 0 Å². The summed E-state index contributed by atoms with van der Waals surface area (Å²) in [5.74, 6) is 0.578. The van der Waals surface area contributed by atoms with Crippen molar-refractivity contribution in [1.29, 1.82) is 0 Å². The number of amides is 1. The smallest absolute Gasteiger partial charge is 0.266 e. The molecule has 0 radical (unpaired) electrons. The average Bonchev–Trinajstić information content (AvgIpc) is 2.78. The van der Waals surface area contributed by atoms with Crippen molar-refractivity contribution in [3.63, 3.8) is 0 Å². The zero-order valence-electron chi connectivity index (χ0n) is 11.7. The molecule has 6 heteroatoms. The maximum absolute atomic E-state index is 12.6. The highest BCUT2D eigenvalue weighted by Gasteiger charge is 2.39. The number of carbonyl (C=O) groups is 1. The van der Waals surface area contributed by atoms with E-state index in [2.05, 4.69) is 0 Å². The van der Waals surface area contributed by atoms with Crippen LogP contribution in [0, 0.1) is 6.92 Å². The lowest BCUT2D eigenvalue weighted by atomic mass is 10.2. The van der Waals surface area contributed by atoms with Crippen molar-refractivity contribution >= 4 is 27.7 Å². The van der Waals surface area contributed by atoms with Gasteiger partial charge in [-0.2, -0.15) is 11.8 Å². The Hall–Kier alpha value is -1.01. The summed E-state index contributed by atoms with van der Waals surface area (Å²) in [7, 11) is -3.71. The quantitative estimate of drug-likeness (QED) is 0.838. The van der Waals surface area contributed by atoms with Gasteiger partial charge in [0.05, 0.1) is 4.90 Å². The number of carbonyl (C=O) groups excluding carboxylic acids is 1. The van der Waals surface area contributed by atoms with Crippen LogP contribution in [0.2, 0.25) is 0 Å². The van der Waals surface area contributed by atoms with Gasteiger partial charge >= 0.3 is 0 Å². The number of nitrogens with zero attached hydrogens (tertiary/aromatic N) is 1. The first-order valence-corrected chi connectivity index (χ1v) is 9.43. The molecular weight excluding hydrogens is 294 g/mol. The van der Waals surface area contributed by atoms with E-state index < -0.39 is 10.0 Å². The molecule has 2 rings (SSSR count). The first kappa shape index (κ1) is 15.4. The number of sulfonamides is 1. The molecule has 1 aromatic rings. The van der Waals surface area contributed by atoms with Crippen molar-refractivity contribution in [1.82, 2.24) is 4.31 Å². The lowest BCUT2D eigenvalue weighted by Gasteiger charge is -2.24. The van der Waals surface area contributed by atoms with Gasteiger partial charge < -0.3 is 0 Å². The minimum absolute atomic E-state index is 0.193. The Bertz CT molecular complexity index is 581. The molecule has 0 aromatic heterocycles. The van der Waals surface area contributed by atoms with Crippen LogP contribution in [0.5, 0.6) is 0 Å². The van der Waals surface area contributed by atoms with E-state index in [1.54, 1.807) is 36.0 Å². The normalized spacial score (nSPS) is 19.6. The Morgan fingerprint density at radius 1 is 1.30 bits per heavy atom. The summed E-state index contributed by atoms with van der Waals surface area (Å²) in [5.41, 5.74) is 0.996. The van der Waals surface area contributed by atoms with Crippen molar-refractivity contribution in [2.24, 2.45) is 0 Å². The second kappa shape index (κ2) is 6.18. The topological polar surface area (TPSA) is 54.5 Å². The van der Waals surface area contributed by atoms with E-state index in [9.17, 15) is 13.2 Å². The predicted octanol–water partition coefficient (Wildman–Crippen LogP) is 2.43. The van der Waals surface area contributed by atoms with E-state index in [0.29, 0.717) is 12.8 Å². The van der Waals surface area contributed by atoms with Gasteiger partial charge in [-0.15, -0.1) is 0 Å². The number of benzene rings is 1. The Morgan fingerprint density at radius 2 is 1.95 bits per heavy atom. The fourth-order valence-electron chi connectivity index (χ4n) is 2.39. The molecule has 0 bridgehead atoms. The van der Waals surface area contributed by atoms with Gasteiger partial charge in [0.2, 0.25) is 5.91 Å². The van der Waals surface area contributed by atoms with Gasteiger partial charge in [0, 0.05) is 12.5 Å². The first-order chi connectivity index (χ1) is 9.46. The summed E-state index contributed by atoms with van der Waals surface area (Å²) in [6, 6.07) is 6.46. The van der Waals surface area contributed by atoms with E-state index >= 15 is 0 Å². The highest BCUT2D eigenvalue weighted by atomic mass is 32.2. The third kappa shape index (κ3) is 3.01. The lowest BCUT2D eigenvalue weighted by molar-refractivity contribution is -0.124. The molecule has 0 unspecified atom stereocenters. The third-order valence-corrected chi connectivity index (χ3v) is 6.03. The molecule has 110 valence electrons. The zero-order valence-corrected chi connectivity index (χ0v) is 13.3. The minimum Gasteiger partial charge on any atom is -0.274 e. The van der Waals surface area contributed by atoms with Crippen LogP contribution in [0.25, 0.3) is 0 Å². The average molecular weight is 313 g/mol. The van der Waals surface area contributed by atoms with Crippen LogP contribution in [0.15, 0.2) is 29.2 Å². The van der Waals surface area contributed by atoms with Gasteiger partial charge in [-0.05, 0) is 43.9 Å². The molecule has 1 aromatic carbocycles.